The lowest BCUT2D eigenvalue weighted by molar-refractivity contribution is -0.127. The van der Waals surface area contributed by atoms with E-state index in [1.165, 1.54) is 12.8 Å². The maximum atomic E-state index is 12.3. The first-order valence-electron chi connectivity index (χ1n) is 8.13. The van der Waals surface area contributed by atoms with Crippen molar-refractivity contribution in [3.8, 4) is 0 Å². The highest BCUT2D eigenvalue weighted by molar-refractivity contribution is 5.81. The van der Waals surface area contributed by atoms with Crippen molar-refractivity contribution in [2.24, 2.45) is 5.92 Å². The SMILES string of the molecule is CC(C)CNC(=O)C(C)N1CCCCCC1CC(C)O. The van der Waals surface area contributed by atoms with Crippen molar-refractivity contribution >= 4 is 5.91 Å². The molecule has 4 heteroatoms. The largest absolute Gasteiger partial charge is 0.393 e. The number of carbonyl (C=O) groups excluding carboxylic acids is 1. The summed E-state index contributed by atoms with van der Waals surface area (Å²) in [5.41, 5.74) is 0. The average Bonchev–Trinajstić information content (AvgIpc) is 2.59. The van der Waals surface area contributed by atoms with Crippen molar-refractivity contribution < 1.29 is 9.90 Å². The van der Waals surface area contributed by atoms with Crippen LogP contribution in [0.5, 0.6) is 0 Å². The third-order valence-corrected chi connectivity index (χ3v) is 4.10. The van der Waals surface area contributed by atoms with Gasteiger partial charge in [0.2, 0.25) is 5.91 Å². The Morgan fingerprint density at radius 3 is 2.55 bits per heavy atom. The molecule has 3 atom stereocenters. The Hall–Kier alpha value is -0.610. The molecule has 0 radical (unpaired) electrons. The molecule has 20 heavy (non-hydrogen) atoms. The second-order valence-electron chi connectivity index (χ2n) is 6.64. The van der Waals surface area contributed by atoms with Gasteiger partial charge in [0.05, 0.1) is 12.1 Å². The lowest BCUT2D eigenvalue weighted by Gasteiger charge is -2.35. The highest BCUT2D eigenvalue weighted by Gasteiger charge is 2.29. The number of hydrogen-bond donors (Lipinski definition) is 2. The maximum absolute atomic E-state index is 12.3. The van der Waals surface area contributed by atoms with Gasteiger partial charge < -0.3 is 10.4 Å². The number of amides is 1. The highest BCUT2D eigenvalue weighted by Crippen LogP contribution is 2.22. The van der Waals surface area contributed by atoms with Crippen molar-refractivity contribution in [2.45, 2.75) is 78.0 Å². The quantitative estimate of drug-likeness (QED) is 0.786. The number of nitrogens with one attached hydrogen (secondary N) is 1. The summed E-state index contributed by atoms with van der Waals surface area (Å²) in [5, 5.41) is 12.7. The number of nitrogens with zero attached hydrogens (tertiary/aromatic N) is 1. The van der Waals surface area contributed by atoms with Crippen molar-refractivity contribution in [1.29, 1.82) is 0 Å². The summed E-state index contributed by atoms with van der Waals surface area (Å²) in [6.07, 6.45) is 5.14. The van der Waals surface area contributed by atoms with Gasteiger partial charge in [0.1, 0.15) is 0 Å². The number of aliphatic hydroxyl groups excluding tert-OH is 1. The summed E-state index contributed by atoms with van der Waals surface area (Å²) in [7, 11) is 0. The molecule has 3 unspecified atom stereocenters. The van der Waals surface area contributed by atoms with E-state index in [9.17, 15) is 9.90 Å². The van der Waals surface area contributed by atoms with Crippen LogP contribution in [0, 0.1) is 5.92 Å². The zero-order valence-corrected chi connectivity index (χ0v) is 13.6. The van der Waals surface area contributed by atoms with Crippen LogP contribution in [-0.2, 0) is 4.79 Å². The van der Waals surface area contributed by atoms with E-state index in [2.05, 4.69) is 24.1 Å². The van der Waals surface area contributed by atoms with Gasteiger partial charge in [0, 0.05) is 12.6 Å². The normalized spacial score (nSPS) is 24.2. The Bertz CT molecular complexity index is 292. The Kier molecular flexibility index (Phi) is 7.52. The Balaban J connectivity index is 2.63. The van der Waals surface area contributed by atoms with Crippen LogP contribution in [0.2, 0.25) is 0 Å². The molecule has 1 heterocycles. The van der Waals surface area contributed by atoms with E-state index in [1.54, 1.807) is 0 Å². The summed E-state index contributed by atoms with van der Waals surface area (Å²) in [6.45, 7) is 9.74. The summed E-state index contributed by atoms with van der Waals surface area (Å²) in [6, 6.07) is 0.230. The fourth-order valence-corrected chi connectivity index (χ4v) is 2.96. The van der Waals surface area contributed by atoms with Crippen molar-refractivity contribution in [1.82, 2.24) is 10.2 Å². The van der Waals surface area contributed by atoms with Gasteiger partial charge in [-0.05, 0) is 45.6 Å². The lowest BCUT2D eigenvalue weighted by atomic mass is 10.0. The fraction of sp³-hybridized carbons (Fsp3) is 0.938. The van der Waals surface area contributed by atoms with Crippen molar-refractivity contribution in [3.63, 3.8) is 0 Å². The third kappa shape index (κ3) is 5.80. The molecule has 2 N–H and O–H groups in total. The van der Waals surface area contributed by atoms with Crippen molar-refractivity contribution in [2.75, 3.05) is 13.1 Å². The smallest absolute Gasteiger partial charge is 0.237 e. The monoisotopic (exact) mass is 284 g/mol. The summed E-state index contributed by atoms with van der Waals surface area (Å²) in [5.74, 6) is 0.597. The first kappa shape index (κ1) is 17.4. The van der Waals surface area contributed by atoms with Gasteiger partial charge in [-0.2, -0.15) is 0 Å². The van der Waals surface area contributed by atoms with Crippen LogP contribution in [0.3, 0.4) is 0 Å². The molecule has 0 aromatic heterocycles. The van der Waals surface area contributed by atoms with Crippen LogP contribution in [0.4, 0.5) is 0 Å². The van der Waals surface area contributed by atoms with E-state index in [-0.39, 0.29) is 18.1 Å². The van der Waals surface area contributed by atoms with Crippen LogP contribution in [0.15, 0.2) is 0 Å². The van der Waals surface area contributed by atoms with E-state index < -0.39 is 0 Å². The molecule has 0 aromatic carbocycles. The molecule has 1 aliphatic heterocycles. The number of carbonyl (C=O) groups is 1. The van der Waals surface area contributed by atoms with Crippen LogP contribution in [0.25, 0.3) is 0 Å². The molecule has 1 fully saturated rings. The van der Waals surface area contributed by atoms with E-state index in [4.69, 9.17) is 0 Å². The second-order valence-corrected chi connectivity index (χ2v) is 6.64. The second kappa shape index (κ2) is 8.63. The van der Waals surface area contributed by atoms with Crippen LogP contribution in [0.1, 0.15) is 59.8 Å². The molecule has 0 bridgehead atoms. The van der Waals surface area contributed by atoms with E-state index in [0.29, 0.717) is 12.0 Å². The first-order chi connectivity index (χ1) is 9.41. The standard InChI is InChI=1S/C16H32N2O2/c1-12(2)11-17-16(20)14(4)18-9-7-5-6-8-15(18)10-13(3)19/h12-15,19H,5-11H2,1-4H3,(H,17,20). The van der Waals surface area contributed by atoms with Crippen LogP contribution < -0.4 is 5.32 Å². The summed E-state index contributed by atoms with van der Waals surface area (Å²) >= 11 is 0. The topological polar surface area (TPSA) is 52.6 Å². The number of hydrogen-bond acceptors (Lipinski definition) is 3. The van der Waals surface area contributed by atoms with E-state index in [0.717, 1.165) is 32.4 Å². The number of aliphatic hydroxyl groups is 1. The highest BCUT2D eigenvalue weighted by atomic mass is 16.3. The zero-order chi connectivity index (χ0) is 15.1. The average molecular weight is 284 g/mol. The van der Waals surface area contributed by atoms with Crippen molar-refractivity contribution in [3.05, 3.63) is 0 Å². The molecule has 0 spiro atoms. The first-order valence-corrected chi connectivity index (χ1v) is 8.13. The van der Waals surface area contributed by atoms with Gasteiger partial charge in [-0.25, -0.2) is 0 Å². The molecule has 4 nitrogen and oxygen atoms in total. The minimum absolute atomic E-state index is 0.101. The molecule has 1 amide bonds. The Labute approximate surface area is 123 Å². The molecular weight excluding hydrogens is 252 g/mol. The minimum Gasteiger partial charge on any atom is -0.393 e. The number of likely N-dealkylation sites (tertiary alicyclic amines) is 1. The molecule has 0 aromatic rings. The minimum atomic E-state index is -0.300. The Morgan fingerprint density at radius 2 is 1.95 bits per heavy atom. The van der Waals surface area contributed by atoms with Gasteiger partial charge in [-0.15, -0.1) is 0 Å². The molecular formula is C16H32N2O2. The molecule has 1 aliphatic rings. The van der Waals surface area contributed by atoms with Gasteiger partial charge in [0.15, 0.2) is 0 Å². The van der Waals surface area contributed by atoms with Gasteiger partial charge in [-0.1, -0.05) is 26.7 Å². The zero-order valence-electron chi connectivity index (χ0n) is 13.6. The van der Waals surface area contributed by atoms with E-state index in [1.807, 2.05) is 13.8 Å². The third-order valence-electron chi connectivity index (χ3n) is 4.10. The van der Waals surface area contributed by atoms with Gasteiger partial charge in [-0.3, -0.25) is 9.69 Å². The Morgan fingerprint density at radius 1 is 1.25 bits per heavy atom. The predicted octanol–water partition coefficient (Wildman–Crippen LogP) is 2.16. The lowest BCUT2D eigenvalue weighted by Crippen LogP contribution is -2.50. The predicted molar refractivity (Wildman–Crippen MR) is 82.6 cm³/mol. The molecule has 118 valence electrons. The number of rotatable bonds is 6. The maximum Gasteiger partial charge on any atom is 0.237 e. The summed E-state index contributed by atoms with van der Waals surface area (Å²) in [4.78, 5) is 14.6. The van der Waals surface area contributed by atoms with Gasteiger partial charge in [0.25, 0.3) is 0 Å². The van der Waals surface area contributed by atoms with Gasteiger partial charge >= 0.3 is 0 Å². The van der Waals surface area contributed by atoms with Crippen LogP contribution in [-0.4, -0.2) is 47.2 Å². The molecule has 1 saturated heterocycles. The molecule has 1 rings (SSSR count). The van der Waals surface area contributed by atoms with Crippen LogP contribution >= 0.6 is 0 Å². The molecule has 0 aliphatic carbocycles. The van der Waals surface area contributed by atoms with E-state index >= 15 is 0 Å². The molecule has 0 saturated carbocycles. The fourth-order valence-electron chi connectivity index (χ4n) is 2.96. The summed E-state index contributed by atoms with van der Waals surface area (Å²) < 4.78 is 0.